The van der Waals surface area contributed by atoms with Gasteiger partial charge in [0.15, 0.2) is 0 Å². The fourth-order valence-corrected chi connectivity index (χ4v) is 3.72. The van der Waals surface area contributed by atoms with E-state index in [1.807, 2.05) is 0 Å². The van der Waals surface area contributed by atoms with Crippen LogP contribution in [0.1, 0.15) is 41.6 Å². The second-order valence-electron chi connectivity index (χ2n) is 7.35. The summed E-state index contributed by atoms with van der Waals surface area (Å²) < 4.78 is 18.5. The number of nitrogens with one attached hydrogen (secondary N) is 1. The lowest BCUT2D eigenvalue weighted by Gasteiger charge is -2.18. The van der Waals surface area contributed by atoms with E-state index >= 15 is 0 Å². The van der Waals surface area contributed by atoms with Gasteiger partial charge in [-0.1, -0.05) is 25.5 Å². The Balaban J connectivity index is 1.80. The highest BCUT2D eigenvalue weighted by Crippen LogP contribution is 2.34. The summed E-state index contributed by atoms with van der Waals surface area (Å²) in [7, 11) is 1.58. The Labute approximate surface area is 170 Å². The van der Waals surface area contributed by atoms with E-state index in [1.165, 1.54) is 12.1 Å². The van der Waals surface area contributed by atoms with Gasteiger partial charge in [0, 0.05) is 31.1 Å². The van der Waals surface area contributed by atoms with E-state index in [-0.39, 0.29) is 29.5 Å². The van der Waals surface area contributed by atoms with Gasteiger partial charge < -0.3 is 15.0 Å². The number of halogens is 1. The molecule has 1 N–H and O–H groups in total. The normalized spacial score (nSPS) is 18.5. The van der Waals surface area contributed by atoms with Crippen LogP contribution in [0.25, 0.3) is 0 Å². The average Bonchev–Trinajstić information content (AvgIpc) is 3.19. The van der Waals surface area contributed by atoms with Gasteiger partial charge in [-0.05, 0) is 48.4 Å². The molecule has 154 valence electrons. The number of hydrogen-bond donors (Lipinski definition) is 1. The van der Waals surface area contributed by atoms with Crippen LogP contribution >= 0.6 is 0 Å². The summed E-state index contributed by atoms with van der Waals surface area (Å²) in [6.45, 7) is 3.44. The number of hydrogen-bond acceptors (Lipinski definition) is 3. The fraction of sp³-hybridized carbons (Fsp3) is 0.391. The predicted octanol–water partition coefficient (Wildman–Crippen LogP) is 3.61. The van der Waals surface area contributed by atoms with E-state index in [9.17, 15) is 14.0 Å². The van der Waals surface area contributed by atoms with Crippen LogP contribution in [0.2, 0.25) is 0 Å². The van der Waals surface area contributed by atoms with Gasteiger partial charge >= 0.3 is 0 Å². The number of carbonyl (C=O) groups excluding carboxylic acids is 2. The maximum atomic E-state index is 13.4. The molecule has 1 aliphatic rings. The van der Waals surface area contributed by atoms with Crippen LogP contribution in [-0.2, 0) is 4.79 Å². The van der Waals surface area contributed by atoms with Crippen LogP contribution < -0.4 is 10.1 Å². The van der Waals surface area contributed by atoms with Gasteiger partial charge in [0.1, 0.15) is 11.6 Å². The van der Waals surface area contributed by atoms with Gasteiger partial charge in [-0.2, -0.15) is 0 Å². The van der Waals surface area contributed by atoms with Crippen molar-refractivity contribution in [2.75, 3.05) is 26.7 Å². The van der Waals surface area contributed by atoms with Gasteiger partial charge in [-0.3, -0.25) is 9.59 Å². The molecule has 0 aliphatic carbocycles. The third kappa shape index (κ3) is 4.94. The van der Waals surface area contributed by atoms with Gasteiger partial charge in [0.25, 0.3) is 5.91 Å². The second-order valence-corrected chi connectivity index (χ2v) is 7.35. The molecule has 0 bridgehead atoms. The Kier molecular flexibility index (Phi) is 6.86. The number of rotatable bonds is 7. The molecule has 2 atom stereocenters. The van der Waals surface area contributed by atoms with Crippen LogP contribution in [0.3, 0.4) is 0 Å². The van der Waals surface area contributed by atoms with E-state index < -0.39 is 0 Å². The average molecular weight is 398 g/mol. The lowest BCUT2D eigenvalue weighted by atomic mass is 9.88. The molecule has 6 heteroatoms. The van der Waals surface area contributed by atoms with Crippen LogP contribution in [0.4, 0.5) is 4.39 Å². The van der Waals surface area contributed by atoms with Crippen LogP contribution in [0, 0.1) is 11.7 Å². The fourth-order valence-electron chi connectivity index (χ4n) is 3.72. The SMILES string of the molecule is CCCCNC(=O)[C@H]1CN(C(=O)c2ccc(OC)cc2)C[C@H]1c1ccc(F)cc1. The van der Waals surface area contributed by atoms with Crippen molar-refractivity contribution in [1.29, 1.82) is 0 Å². The second kappa shape index (κ2) is 9.54. The van der Waals surface area contributed by atoms with Crippen LogP contribution in [0.5, 0.6) is 5.75 Å². The van der Waals surface area contributed by atoms with Crippen molar-refractivity contribution in [3.63, 3.8) is 0 Å². The molecule has 1 fully saturated rings. The molecule has 29 heavy (non-hydrogen) atoms. The minimum absolute atomic E-state index is 0.0576. The molecule has 0 radical (unpaired) electrons. The third-order valence-electron chi connectivity index (χ3n) is 5.41. The van der Waals surface area contributed by atoms with E-state index in [0.29, 0.717) is 30.9 Å². The molecule has 0 spiro atoms. The third-order valence-corrected chi connectivity index (χ3v) is 5.41. The summed E-state index contributed by atoms with van der Waals surface area (Å²) in [5, 5.41) is 2.98. The standard InChI is InChI=1S/C23H27FN2O3/c1-3-4-13-25-22(27)21-15-26(14-20(21)16-5-9-18(24)10-6-16)23(28)17-7-11-19(29-2)12-8-17/h5-12,20-21H,3-4,13-15H2,1-2H3,(H,25,27)/t20-,21-/m0/s1. The molecule has 2 aromatic carbocycles. The van der Waals surface area contributed by atoms with Crippen molar-refractivity contribution >= 4 is 11.8 Å². The van der Waals surface area contributed by atoms with Crippen molar-refractivity contribution in [2.45, 2.75) is 25.7 Å². The number of likely N-dealkylation sites (tertiary alicyclic amines) is 1. The number of amides is 2. The smallest absolute Gasteiger partial charge is 0.253 e. The maximum absolute atomic E-state index is 13.4. The van der Waals surface area contributed by atoms with Crippen molar-refractivity contribution in [3.05, 3.63) is 65.5 Å². The number of unbranched alkanes of at least 4 members (excludes halogenated alkanes) is 1. The molecule has 0 saturated carbocycles. The van der Waals surface area contributed by atoms with Gasteiger partial charge in [-0.15, -0.1) is 0 Å². The summed E-state index contributed by atoms with van der Waals surface area (Å²) in [5.74, 6) is -0.345. The summed E-state index contributed by atoms with van der Waals surface area (Å²) in [4.78, 5) is 27.5. The number of carbonyl (C=O) groups is 2. The van der Waals surface area contributed by atoms with Gasteiger partial charge in [-0.25, -0.2) is 4.39 Å². The molecule has 1 heterocycles. The van der Waals surface area contributed by atoms with E-state index in [1.54, 1.807) is 48.4 Å². The summed E-state index contributed by atoms with van der Waals surface area (Å²) in [5.41, 5.74) is 1.42. The Bertz CT molecular complexity index is 836. The molecule has 5 nitrogen and oxygen atoms in total. The first-order valence-electron chi connectivity index (χ1n) is 10.00. The molecule has 1 saturated heterocycles. The highest BCUT2D eigenvalue weighted by Gasteiger charge is 2.40. The van der Waals surface area contributed by atoms with Crippen LogP contribution in [0.15, 0.2) is 48.5 Å². The highest BCUT2D eigenvalue weighted by atomic mass is 19.1. The zero-order chi connectivity index (χ0) is 20.8. The van der Waals surface area contributed by atoms with E-state index in [0.717, 1.165) is 18.4 Å². The molecule has 0 unspecified atom stereocenters. The van der Waals surface area contributed by atoms with Crippen molar-refractivity contribution in [2.24, 2.45) is 5.92 Å². The van der Waals surface area contributed by atoms with Gasteiger partial charge in [0.05, 0.1) is 13.0 Å². The predicted molar refractivity (Wildman–Crippen MR) is 109 cm³/mol. The monoisotopic (exact) mass is 398 g/mol. The molecule has 0 aromatic heterocycles. The van der Waals surface area contributed by atoms with Crippen molar-refractivity contribution in [1.82, 2.24) is 10.2 Å². The zero-order valence-electron chi connectivity index (χ0n) is 16.9. The maximum Gasteiger partial charge on any atom is 0.253 e. The molecule has 3 rings (SSSR count). The van der Waals surface area contributed by atoms with E-state index in [2.05, 4.69) is 12.2 Å². The van der Waals surface area contributed by atoms with Gasteiger partial charge in [0.2, 0.25) is 5.91 Å². The molecule has 1 aliphatic heterocycles. The number of ether oxygens (including phenoxy) is 1. The summed E-state index contributed by atoms with van der Waals surface area (Å²) >= 11 is 0. The number of benzene rings is 2. The minimum Gasteiger partial charge on any atom is -0.497 e. The Morgan fingerprint density at radius 1 is 1.10 bits per heavy atom. The van der Waals surface area contributed by atoms with Crippen molar-refractivity contribution in [3.8, 4) is 5.75 Å². The topological polar surface area (TPSA) is 58.6 Å². The Hall–Kier alpha value is -2.89. The van der Waals surface area contributed by atoms with E-state index in [4.69, 9.17) is 4.74 Å². The first kappa shape index (κ1) is 20.8. The quantitative estimate of drug-likeness (QED) is 0.725. The first-order valence-corrected chi connectivity index (χ1v) is 10.00. The molecule has 2 amide bonds. The van der Waals surface area contributed by atoms with Crippen LogP contribution in [-0.4, -0.2) is 43.5 Å². The zero-order valence-corrected chi connectivity index (χ0v) is 16.9. The Morgan fingerprint density at radius 3 is 2.41 bits per heavy atom. The molecular weight excluding hydrogens is 371 g/mol. The summed E-state index contributed by atoms with van der Waals surface area (Å²) in [6.07, 6.45) is 1.91. The minimum atomic E-state index is -0.362. The molecule has 2 aromatic rings. The lowest BCUT2D eigenvalue weighted by molar-refractivity contribution is -0.124. The largest absolute Gasteiger partial charge is 0.497 e. The highest BCUT2D eigenvalue weighted by molar-refractivity contribution is 5.95. The van der Waals surface area contributed by atoms with Crippen molar-refractivity contribution < 1.29 is 18.7 Å². The lowest BCUT2D eigenvalue weighted by Crippen LogP contribution is -2.36. The first-order chi connectivity index (χ1) is 14.0. The summed E-state index contributed by atoms with van der Waals surface area (Å²) in [6, 6.07) is 13.1. The molecular formula is C23H27FN2O3. The number of methoxy groups -OCH3 is 1. The Morgan fingerprint density at radius 2 is 1.79 bits per heavy atom. The number of nitrogens with zero attached hydrogens (tertiary/aromatic N) is 1.